The van der Waals surface area contributed by atoms with Crippen LogP contribution in [0.4, 0.5) is 5.69 Å². The molecule has 16 heavy (non-hydrogen) atoms. The fourth-order valence-electron chi connectivity index (χ4n) is 1.12. The summed E-state index contributed by atoms with van der Waals surface area (Å²) in [5.74, 6) is -0.236. The second-order valence-electron chi connectivity index (χ2n) is 3.00. The Balaban J connectivity index is 0.00000225. The number of halogens is 1. The highest BCUT2D eigenvalue weighted by molar-refractivity contribution is 5.94. The SMILES string of the molecule is COC(CN)C(=O)Nc1cccc(O)c1.Cl. The van der Waals surface area contributed by atoms with Crippen LogP contribution in [0.2, 0.25) is 0 Å². The number of hydrogen-bond donors (Lipinski definition) is 3. The molecule has 6 heteroatoms. The Morgan fingerprint density at radius 2 is 2.31 bits per heavy atom. The highest BCUT2D eigenvalue weighted by Gasteiger charge is 2.15. The van der Waals surface area contributed by atoms with Crippen molar-refractivity contribution in [3.05, 3.63) is 24.3 Å². The second-order valence-corrected chi connectivity index (χ2v) is 3.00. The van der Waals surface area contributed by atoms with Gasteiger partial charge in [0.1, 0.15) is 11.9 Å². The van der Waals surface area contributed by atoms with E-state index in [1.165, 1.54) is 19.2 Å². The summed E-state index contributed by atoms with van der Waals surface area (Å²) >= 11 is 0. The molecule has 1 amide bonds. The van der Waals surface area contributed by atoms with Crippen LogP contribution in [-0.4, -0.2) is 30.8 Å². The van der Waals surface area contributed by atoms with E-state index in [0.717, 1.165) is 0 Å². The number of anilines is 1. The molecule has 1 aromatic rings. The van der Waals surface area contributed by atoms with Gasteiger partial charge in [0.05, 0.1) is 0 Å². The van der Waals surface area contributed by atoms with Crippen LogP contribution < -0.4 is 11.1 Å². The quantitative estimate of drug-likeness (QED) is 0.731. The number of aromatic hydroxyl groups is 1. The van der Waals surface area contributed by atoms with Gasteiger partial charge >= 0.3 is 0 Å². The lowest BCUT2D eigenvalue weighted by molar-refractivity contribution is -0.125. The summed E-state index contributed by atoms with van der Waals surface area (Å²) in [7, 11) is 1.42. The molecule has 0 aliphatic rings. The molecule has 0 heterocycles. The van der Waals surface area contributed by atoms with Crippen molar-refractivity contribution in [2.75, 3.05) is 19.0 Å². The van der Waals surface area contributed by atoms with E-state index in [1.54, 1.807) is 12.1 Å². The van der Waals surface area contributed by atoms with E-state index >= 15 is 0 Å². The molecule has 0 radical (unpaired) electrons. The number of phenolic OH excluding ortho intramolecular Hbond substituents is 1. The summed E-state index contributed by atoms with van der Waals surface area (Å²) in [6, 6.07) is 6.27. The Kier molecular flexibility index (Phi) is 6.48. The number of nitrogens with one attached hydrogen (secondary N) is 1. The Labute approximate surface area is 100 Å². The van der Waals surface area contributed by atoms with Gasteiger partial charge in [-0.15, -0.1) is 12.4 Å². The van der Waals surface area contributed by atoms with Gasteiger partial charge in [0.15, 0.2) is 0 Å². The fraction of sp³-hybridized carbons (Fsp3) is 0.300. The zero-order valence-corrected chi connectivity index (χ0v) is 9.66. The Morgan fingerprint density at radius 1 is 1.62 bits per heavy atom. The maximum Gasteiger partial charge on any atom is 0.254 e. The van der Waals surface area contributed by atoms with Crippen LogP contribution in [0, 0.1) is 0 Å². The van der Waals surface area contributed by atoms with Crippen molar-refractivity contribution in [2.45, 2.75) is 6.10 Å². The minimum absolute atomic E-state index is 0. The van der Waals surface area contributed by atoms with E-state index in [9.17, 15) is 9.90 Å². The van der Waals surface area contributed by atoms with Gasteiger partial charge in [-0.2, -0.15) is 0 Å². The normalized spacial score (nSPS) is 11.4. The number of nitrogens with two attached hydrogens (primary N) is 1. The number of methoxy groups -OCH3 is 1. The average Bonchev–Trinajstić information content (AvgIpc) is 2.19. The van der Waals surface area contributed by atoms with Crippen LogP contribution in [0.25, 0.3) is 0 Å². The Hall–Kier alpha value is -1.30. The van der Waals surface area contributed by atoms with Crippen molar-refractivity contribution in [3.8, 4) is 5.75 Å². The van der Waals surface area contributed by atoms with Gasteiger partial charge in [0, 0.05) is 25.4 Å². The summed E-state index contributed by atoms with van der Waals surface area (Å²) in [6.45, 7) is 0.112. The first-order valence-corrected chi connectivity index (χ1v) is 4.50. The largest absolute Gasteiger partial charge is 0.508 e. The lowest BCUT2D eigenvalue weighted by Gasteiger charge is -2.12. The van der Waals surface area contributed by atoms with Gasteiger partial charge in [-0.25, -0.2) is 0 Å². The number of hydrogen-bond acceptors (Lipinski definition) is 4. The van der Waals surface area contributed by atoms with E-state index in [-0.39, 0.29) is 30.6 Å². The molecule has 5 nitrogen and oxygen atoms in total. The van der Waals surface area contributed by atoms with Crippen LogP contribution in [0.1, 0.15) is 0 Å². The van der Waals surface area contributed by atoms with Crippen molar-refractivity contribution in [2.24, 2.45) is 5.73 Å². The molecule has 1 unspecified atom stereocenters. The molecule has 90 valence electrons. The zero-order chi connectivity index (χ0) is 11.3. The van der Waals surface area contributed by atoms with Crippen LogP contribution in [0.5, 0.6) is 5.75 Å². The average molecular weight is 247 g/mol. The summed E-state index contributed by atoms with van der Waals surface area (Å²) < 4.78 is 4.86. The summed E-state index contributed by atoms with van der Waals surface area (Å²) in [6.07, 6.45) is -0.674. The lowest BCUT2D eigenvalue weighted by Crippen LogP contribution is -2.35. The monoisotopic (exact) mass is 246 g/mol. The van der Waals surface area contributed by atoms with E-state index < -0.39 is 6.10 Å². The summed E-state index contributed by atoms with van der Waals surface area (Å²) in [5, 5.41) is 11.8. The molecule has 0 aromatic heterocycles. The van der Waals surface area contributed by atoms with Gasteiger partial charge in [-0.05, 0) is 12.1 Å². The van der Waals surface area contributed by atoms with Gasteiger partial charge in [0.2, 0.25) is 0 Å². The van der Waals surface area contributed by atoms with E-state index in [2.05, 4.69) is 5.32 Å². The first kappa shape index (κ1) is 14.7. The molecule has 1 aromatic carbocycles. The number of benzene rings is 1. The summed E-state index contributed by atoms with van der Waals surface area (Å²) in [4.78, 5) is 11.5. The predicted molar refractivity (Wildman–Crippen MR) is 63.8 cm³/mol. The molecule has 0 fully saturated rings. The third-order valence-corrected chi connectivity index (χ3v) is 1.90. The first-order valence-electron chi connectivity index (χ1n) is 4.50. The van der Waals surface area contributed by atoms with Gasteiger partial charge in [-0.3, -0.25) is 4.79 Å². The highest BCUT2D eigenvalue weighted by atomic mass is 35.5. The molecule has 0 spiro atoms. The Morgan fingerprint density at radius 3 is 2.81 bits per heavy atom. The third-order valence-electron chi connectivity index (χ3n) is 1.90. The molecule has 0 bridgehead atoms. The van der Waals surface area contributed by atoms with E-state index in [4.69, 9.17) is 10.5 Å². The highest BCUT2D eigenvalue weighted by Crippen LogP contribution is 2.15. The van der Waals surface area contributed by atoms with Crippen molar-refractivity contribution in [3.63, 3.8) is 0 Å². The van der Waals surface area contributed by atoms with Crippen molar-refractivity contribution < 1.29 is 14.6 Å². The molecular formula is C10H15ClN2O3. The van der Waals surface area contributed by atoms with Crippen molar-refractivity contribution in [1.82, 2.24) is 0 Å². The van der Waals surface area contributed by atoms with Gasteiger partial charge in [-0.1, -0.05) is 6.07 Å². The Bertz CT molecular complexity index is 343. The maximum absolute atomic E-state index is 11.5. The molecule has 1 atom stereocenters. The molecule has 0 aliphatic carbocycles. The molecule has 0 saturated heterocycles. The smallest absolute Gasteiger partial charge is 0.254 e. The van der Waals surface area contributed by atoms with Crippen LogP contribution in [0.3, 0.4) is 0 Å². The number of amides is 1. The second kappa shape index (κ2) is 7.05. The van der Waals surface area contributed by atoms with Crippen molar-refractivity contribution in [1.29, 1.82) is 0 Å². The lowest BCUT2D eigenvalue weighted by atomic mass is 10.2. The molecule has 1 rings (SSSR count). The predicted octanol–water partition coefficient (Wildman–Crippen LogP) is 0.726. The standard InChI is InChI=1S/C10H14N2O3.ClH/c1-15-9(6-11)10(14)12-7-3-2-4-8(13)5-7;/h2-5,9,13H,6,11H2,1H3,(H,12,14);1H. The molecule has 0 aliphatic heterocycles. The topological polar surface area (TPSA) is 84.6 Å². The number of phenols is 1. The zero-order valence-electron chi connectivity index (χ0n) is 8.84. The van der Waals surface area contributed by atoms with Gasteiger partial charge in [0.25, 0.3) is 5.91 Å². The fourth-order valence-corrected chi connectivity index (χ4v) is 1.12. The minimum atomic E-state index is -0.674. The first-order chi connectivity index (χ1) is 7.17. The van der Waals surface area contributed by atoms with E-state index in [0.29, 0.717) is 5.69 Å². The maximum atomic E-state index is 11.5. The molecule has 4 N–H and O–H groups in total. The van der Waals surface area contributed by atoms with Crippen LogP contribution >= 0.6 is 12.4 Å². The number of rotatable bonds is 4. The molecule has 0 saturated carbocycles. The number of carbonyl (C=O) groups is 1. The molecular weight excluding hydrogens is 232 g/mol. The van der Waals surface area contributed by atoms with Crippen LogP contribution in [-0.2, 0) is 9.53 Å². The minimum Gasteiger partial charge on any atom is -0.508 e. The van der Waals surface area contributed by atoms with Crippen molar-refractivity contribution >= 4 is 24.0 Å². The van der Waals surface area contributed by atoms with Gasteiger partial charge < -0.3 is 20.9 Å². The number of carbonyl (C=O) groups excluding carboxylic acids is 1. The number of ether oxygens (including phenoxy) is 1. The van der Waals surface area contributed by atoms with Crippen LogP contribution in [0.15, 0.2) is 24.3 Å². The summed E-state index contributed by atoms with van der Waals surface area (Å²) in [5.41, 5.74) is 5.84. The van der Waals surface area contributed by atoms with E-state index in [1.807, 2.05) is 0 Å². The third kappa shape index (κ3) is 4.06.